The van der Waals surface area contributed by atoms with Gasteiger partial charge in [0.2, 0.25) is 0 Å². The number of ketones is 1. The summed E-state index contributed by atoms with van der Waals surface area (Å²) in [4.78, 5) is 10.6. The fraction of sp³-hybridized carbons (Fsp3) is 0.615. The molecule has 0 amide bonds. The molecule has 0 aliphatic rings. The first-order valence-electron chi connectivity index (χ1n) is 5.39. The summed E-state index contributed by atoms with van der Waals surface area (Å²) in [6.45, 7) is 8.14. The van der Waals surface area contributed by atoms with Crippen LogP contribution in [0.5, 0.6) is 0 Å². The van der Waals surface area contributed by atoms with Gasteiger partial charge in [0.1, 0.15) is 0 Å². The molecule has 0 radical (unpaired) electrons. The molecule has 0 fully saturated rings. The van der Waals surface area contributed by atoms with Crippen molar-refractivity contribution in [1.29, 1.82) is 0 Å². The Kier molecular flexibility index (Phi) is 7.09. The van der Waals surface area contributed by atoms with Crippen LogP contribution in [0.4, 0.5) is 0 Å². The topological polar surface area (TPSA) is 17.1 Å². The molecule has 0 aliphatic carbocycles. The summed E-state index contributed by atoms with van der Waals surface area (Å²) >= 11 is 0. The summed E-state index contributed by atoms with van der Waals surface area (Å²) in [6, 6.07) is 0. The molecular weight excluding hydrogens is 172 g/mol. The molecule has 1 unspecified atom stereocenters. The van der Waals surface area contributed by atoms with E-state index in [1.54, 1.807) is 13.0 Å². The Morgan fingerprint density at radius 3 is 2.43 bits per heavy atom. The molecule has 0 aromatic heterocycles. The average molecular weight is 194 g/mol. The summed E-state index contributed by atoms with van der Waals surface area (Å²) in [5, 5.41) is 0. The van der Waals surface area contributed by atoms with E-state index in [2.05, 4.69) is 26.8 Å². The van der Waals surface area contributed by atoms with Crippen LogP contribution < -0.4 is 0 Å². The first kappa shape index (κ1) is 13.2. The molecule has 0 rings (SSSR count). The third kappa shape index (κ3) is 7.78. The van der Waals surface area contributed by atoms with Gasteiger partial charge < -0.3 is 0 Å². The van der Waals surface area contributed by atoms with Crippen LogP contribution in [-0.2, 0) is 4.79 Å². The second kappa shape index (κ2) is 7.54. The van der Waals surface area contributed by atoms with Gasteiger partial charge in [-0.3, -0.25) is 4.79 Å². The van der Waals surface area contributed by atoms with Crippen LogP contribution in [0.15, 0.2) is 23.8 Å². The number of carbonyl (C=O) groups is 1. The maximum absolute atomic E-state index is 10.6. The molecule has 0 N–H and O–H groups in total. The molecule has 0 aromatic carbocycles. The number of hydrogen-bond donors (Lipinski definition) is 0. The van der Waals surface area contributed by atoms with Crippen molar-refractivity contribution < 1.29 is 4.79 Å². The lowest BCUT2D eigenvalue weighted by Gasteiger charge is -2.05. The molecule has 14 heavy (non-hydrogen) atoms. The van der Waals surface area contributed by atoms with Gasteiger partial charge in [0.15, 0.2) is 5.78 Å². The second-order valence-electron chi connectivity index (χ2n) is 3.99. The zero-order chi connectivity index (χ0) is 11.0. The number of hydrogen-bond acceptors (Lipinski definition) is 1. The number of allylic oxidation sites excluding steroid dienone is 4. The molecule has 0 saturated heterocycles. The van der Waals surface area contributed by atoms with E-state index < -0.39 is 0 Å². The molecule has 0 bridgehead atoms. The highest BCUT2D eigenvalue weighted by Gasteiger charge is 1.97. The highest BCUT2D eigenvalue weighted by atomic mass is 16.1. The summed E-state index contributed by atoms with van der Waals surface area (Å²) < 4.78 is 0. The summed E-state index contributed by atoms with van der Waals surface area (Å²) in [6.07, 6.45) is 9.17. The zero-order valence-corrected chi connectivity index (χ0v) is 9.84. The highest BCUT2D eigenvalue weighted by molar-refractivity contribution is 5.87. The molecule has 80 valence electrons. The lowest BCUT2D eigenvalue weighted by Crippen LogP contribution is -1.91. The lowest BCUT2D eigenvalue weighted by molar-refractivity contribution is -0.112. The molecule has 0 spiro atoms. The summed E-state index contributed by atoms with van der Waals surface area (Å²) in [5.74, 6) is 0.768. The van der Waals surface area contributed by atoms with Gasteiger partial charge in [-0.1, -0.05) is 31.6 Å². The molecule has 0 saturated carbocycles. The molecule has 0 aliphatic heterocycles. The van der Waals surface area contributed by atoms with Gasteiger partial charge in [-0.25, -0.2) is 0 Å². The van der Waals surface area contributed by atoms with Crippen molar-refractivity contribution >= 4 is 5.78 Å². The monoisotopic (exact) mass is 194 g/mol. The average Bonchev–Trinajstić information content (AvgIpc) is 2.13. The van der Waals surface area contributed by atoms with E-state index in [0.717, 1.165) is 19.3 Å². The molecule has 1 atom stereocenters. The normalized spacial score (nSPS) is 14.7. The maximum Gasteiger partial charge on any atom is 0.152 e. The number of carbonyl (C=O) groups excluding carboxylic acids is 1. The minimum atomic E-state index is 0.137. The molecular formula is C13H22O. The first-order valence-corrected chi connectivity index (χ1v) is 5.39. The second-order valence-corrected chi connectivity index (χ2v) is 3.99. The van der Waals surface area contributed by atoms with Crippen LogP contribution >= 0.6 is 0 Å². The van der Waals surface area contributed by atoms with Gasteiger partial charge in [-0.05, 0) is 45.1 Å². The van der Waals surface area contributed by atoms with Gasteiger partial charge in [-0.15, -0.1) is 0 Å². The fourth-order valence-corrected chi connectivity index (χ4v) is 1.11. The lowest BCUT2D eigenvalue weighted by atomic mass is 10.0. The van der Waals surface area contributed by atoms with Gasteiger partial charge in [0.05, 0.1) is 0 Å². The van der Waals surface area contributed by atoms with Crippen molar-refractivity contribution in [3.05, 3.63) is 23.8 Å². The van der Waals surface area contributed by atoms with Gasteiger partial charge in [0, 0.05) is 0 Å². The van der Waals surface area contributed by atoms with Crippen LogP contribution in [0.25, 0.3) is 0 Å². The Bertz CT molecular complexity index is 223. The van der Waals surface area contributed by atoms with E-state index in [1.165, 1.54) is 5.57 Å². The van der Waals surface area contributed by atoms with Crippen molar-refractivity contribution in [1.82, 2.24) is 0 Å². The predicted molar refractivity (Wildman–Crippen MR) is 62.3 cm³/mol. The van der Waals surface area contributed by atoms with Crippen molar-refractivity contribution in [2.24, 2.45) is 5.92 Å². The zero-order valence-electron chi connectivity index (χ0n) is 9.84. The molecule has 1 heteroatoms. The van der Waals surface area contributed by atoms with Crippen LogP contribution in [0.1, 0.15) is 47.0 Å². The largest absolute Gasteiger partial charge is 0.295 e. The van der Waals surface area contributed by atoms with Crippen LogP contribution in [-0.4, -0.2) is 5.78 Å². The van der Waals surface area contributed by atoms with Crippen LogP contribution in [0.2, 0.25) is 0 Å². The third-order valence-electron chi connectivity index (χ3n) is 2.32. The molecule has 1 nitrogen and oxygen atoms in total. The summed E-state index contributed by atoms with van der Waals surface area (Å²) in [5.41, 5.74) is 1.45. The Labute approximate surface area is 87.9 Å². The first-order chi connectivity index (χ1) is 6.56. The fourth-order valence-electron chi connectivity index (χ4n) is 1.11. The Balaban J connectivity index is 3.76. The summed E-state index contributed by atoms with van der Waals surface area (Å²) in [7, 11) is 0. The van der Waals surface area contributed by atoms with Crippen molar-refractivity contribution in [3.8, 4) is 0 Å². The third-order valence-corrected chi connectivity index (χ3v) is 2.32. The van der Waals surface area contributed by atoms with E-state index in [9.17, 15) is 4.79 Å². The van der Waals surface area contributed by atoms with Gasteiger partial charge in [-0.2, -0.15) is 0 Å². The van der Waals surface area contributed by atoms with Gasteiger partial charge >= 0.3 is 0 Å². The van der Waals surface area contributed by atoms with E-state index in [-0.39, 0.29) is 5.78 Å². The molecule has 0 heterocycles. The van der Waals surface area contributed by atoms with Crippen LogP contribution in [0, 0.1) is 5.92 Å². The van der Waals surface area contributed by atoms with E-state index in [4.69, 9.17) is 0 Å². The van der Waals surface area contributed by atoms with E-state index in [0.29, 0.717) is 5.92 Å². The smallest absolute Gasteiger partial charge is 0.152 e. The Morgan fingerprint density at radius 1 is 1.29 bits per heavy atom. The van der Waals surface area contributed by atoms with E-state index >= 15 is 0 Å². The standard InChI is InChI=1S/C13H22O/c1-5-11(2)9-10-12(3)7-6-8-13(4)14/h6,8-9,12H,5,7,10H2,1-4H3/b8-6+,11-9+. The quantitative estimate of drug-likeness (QED) is 0.463. The predicted octanol–water partition coefficient (Wildman–Crippen LogP) is 3.90. The number of rotatable bonds is 6. The Hall–Kier alpha value is -0.850. The SMILES string of the molecule is CC/C(C)=C/CC(C)C/C=C/C(C)=O. The van der Waals surface area contributed by atoms with Crippen molar-refractivity contribution in [2.75, 3.05) is 0 Å². The van der Waals surface area contributed by atoms with Gasteiger partial charge in [0.25, 0.3) is 0 Å². The highest BCUT2D eigenvalue weighted by Crippen LogP contribution is 2.11. The maximum atomic E-state index is 10.6. The Morgan fingerprint density at radius 2 is 1.93 bits per heavy atom. The minimum absolute atomic E-state index is 0.137. The minimum Gasteiger partial charge on any atom is -0.295 e. The van der Waals surface area contributed by atoms with Crippen molar-refractivity contribution in [3.63, 3.8) is 0 Å². The van der Waals surface area contributed by atoms with E-state index in [1.807, 2.05) is 6.08 Å². The van der Waals surface area contributed by atoms with Crippen LogP contribution in [0.3, 0.4) is 0 Å². The van der Waals surface area contributed by atoms with Crippen molar-refractivity contribution in [2.45, 2.75) is 47.0 Å². The molecule has 0 aromatic rings.